The number of para-hydroxylation sites is 1. The number of hydrogen-bond acceptors (Lipinski definition) is 4. The van der Waals surface area contributed by atoms with Crippen molar-refractivity contribution in [2.45, 2.75) is 46.7 Å². The lowest BCUT2D eigenvalue weighted by molar-refractivity contribution is 0.380. The van der Waals surface area contributed by atoms with Crippen LogP contribution in [0.2, 0.25) is 0 Å². The van der Waals surface area contributed by atoms with E-state index in [1.807, 2.05) is 18.3 Å². The third kappa shape index (κ3) is 5.21. The number of aromatic nitrogens is 2. The summed E-state index contributed by atoms with van der Waals surface area (Å²) in [5.41, 5.74) is 4.25. The maximum absolute atomic E-state index is 5.45. The van der Waals surface area contributed by atoms with Crippen molar-refractivity contribution >= 4 is 40.8 Å². The molecule has 0 aliphatic rings. The Kier molecular flexibility index (Phi) is 8.69. The summed E-state index contributed by atoms with van der Waals surface area (Å²) in [5, 5.41) is 12.0. The molecule has 2 aromatic heterocycles. The second kappa shape index (κ2) is 11.0. The number of aryl methyl sites for hydroxylation is 2. The highest BCUT2D eigenvalue weighted by Crippen LogP contribution is 2.17. The number of hydrogen-bond donors (Lipinski definition) is 2. The van der Waals surface area contributed by atoms with Gasteiger partial charge < -0.3 is 15.2 Å². The van der Waals surface area contributed by atoms with Gasteiger partial charge in [0.15, 0.2) is 5.96 Å². The lowest BCUT2D eigenvalue weighted by Crippen LogP contribution is -2.37. The molecule has 6 nitrogen and oxygen atoms in total. The van der Waals surface area contributed by atoms with E-state index >= 15 is 0 Å². The van der Waals surface area contributed by atoms with Gasteiger partial charge in [-0.3, -0.25) is 4.98 Å². The molecule has 28 heavy (non-hydrogen) atoms. The van der Waals surface area contributed by atoms with Crippen molar-refractivity contribution in [3.8, 4) is 0 Å². The van der Waals surface area contributed by atoms with E-state index < -0.39 is 0 Å². The van der Waals surface area contributed by atoms with Crippen molar-refractivity contribution in [2.24, 2.45) is 4.99 Å². The van der Waals surface area contributed by atoms with Crippen LogP contribution in [0.3, 0.4) is 0 Å². The maximum Gasteiger partial charge on any atom is 0.191 e. The van der Waals surface area contributed by atoms with Gasteiger partial charge in [-0.1, -0.05) is 43.3 Å². The summed E-state index contributed by atoms with van der Waals surface area (Å²) in [5.74, 6) is 1.71. The number of benzene rings is 1. The lowest BCUT2D eigenvalue weighted by Gasteiger charge is -2.12. The van der Waals surface area contributed by atoms with E-state index in [0.717, 1.165) is 58.8 Å². The maximum atomic E-state index is 5.45. The Morgan fingerprint density at radius 1 is 1.07 bits per heavy atom. The molecule has 0 atom stereocenters. The van der Waals surface area contributed by atoms with Crippen molar-refractivity contribution < 1.29 is 4.52 Å². The summed E-state index contributed by atoms with van der Waals surface area (Å²) >= 11 is 0. The Hall–Kier alpha value is -2.16. The summed E-state index contributed by atoms with van der Waals surface area (Å²) in [4.78, 5) is 9.25. The summed E-state index contributed by atoms with van der Waals surface area (Å²) in [6.45, 7) is 8.24. The molecule has 0 amide bonds. The SMILES string of the molecule is CCNC(=NCc1cccc2cccnc12)NCc1c(CC)noc1CC.I. The molecule has 0 radical (unpaired) electrons. The molecule has 2 N–H and O–H groups in total. The van der Waals surface area contributed by atoms with Crippen LogP contribution in [0, 0.1) is 0 Å². The van der Waals surface area contributed by atoms with Crippen molar-refractivity contribution in [3.05, 3.63) is 59.1 Å². The second-order valence-electron chi connectivity index (χ2n) is 6.28. The minimum Gasteiger partial charge on any atom is -0.361 e. The van der Waals surface area contributed by atoms with E-state index in [-0.39, 0.29) is 24.0 Å². The third-order valence-electron chi connectivity index (χ3n) is 4.51. The minimum atomic E-state index is 0. The fourth-order valence-corrected chi connectivity index (χ4v) is 3.11. The monoisotopic (exact) mass is 493 g/mol. The van der Waals surface area contributed by atoms with Gasteiger partial charge in [0.25, 0.3) is 0 Å². The molecule has 3 aromatic rings. The zero-order valence-corrected chi connectivity index (χ0v) is 19.0. The van der Waals surface area contributed by atoms with E-state index in [1.54, 1.807) is 0 Å². The van der Waals surface area contributed by atoms with Gasteiger partial charge in [-0.05, 0) is 25.0 Å². The van der Waals surface area contributed by atoms with Gasteiger partial charge >= 0.3 is 0 Å². The Morgan fingerprint density at radius 3 is 2.64 bits per heavy atom. The van der Waals surface area contributed by atoms with E-state index in [0.29, 0.717) is 13.1 Å². The fourth-order valence-electron chi connectivity index (χ4n) is 3.11. The lowest BCUT2D eigenvalue weighted by atomic mass is 10.1. The van der Waals surface area contributed by atoms with Gasteiger partial charge in [0.05, 0.1) is 17.8 Å². The van der Waals surface area contributed by atoms with Crippen molar-refractivity contribution in [2.75, 3.05) is 6.54 Å². The van der Waals surface area contributed by atoms with E-state index in [2.05, 4.69) is 59.7 Å². The first kappa shape index (κ1) is 22.1. The first-order valence-corrected chi connectivity index (χ1v) is 9.57. The summed E-state index contributed by atoms with van der Waals surface area (Å²) in [6, 6.07) is 10.2. The molecule has 0 saturated heterocycles. The third-order valence-corrected chi connectivity index (χ3v) is 4.51. The van der Waals surface area contributed by atoms with Crippen LogP contribution in [0.15, 0.2) is 46.0 Å². The molecule has 150 valence electrons. The largest absolute Gasteiger partial charge is 0.361 e. The van der Waals surface area contributed by atoms with Crippen LogP contribution in [0.4, 0.5) is 0 Å². The number of halogens is 1. The van der Waals surface area contributed by atoms with Crippen LogP contribution >= 0.6 is 24.0 Å². The average molecular weight is 493 g/mol. The smallest absolute Gasteiger partial charge is 0.191 e. The van der Waals surface area contributed by atoms with Gasteiger partial charge in [-0.15, -0.1) is 24.0 Å². The van der Waals surface area contributed by atoms with Crippen LogP contribution in [0.25, 0.3) is 10.9 Å². The molecule has 1 aromatic carbocycles. The van der Waals surface area contributed by atoms with Crippen molar-refractivity contribution in [3.63, 3.8) is 0 Å². The zero-order valence-electron chi connectivity index (χ0n) is 16.7. The number of fused-ring (bicyclic) bond motifs is 1. The van der Waals surface area contributed by atoms with E-state index in [4.69, 9.17) is 9.52 Å². The predicted molar refractivity (Wildman–Crippen MR) is 124 cm³/mol. The number of nitrogens with zero attached hydrogens (tertiary/aromatic N) is 3. The summed E-state index contributed by atoms with van der Waals surface area (Å²) < 4.78 is 5.45. The molecule has 3 rings (SSSR count). The average Bonchev–Trinajstić information content (AvgIpc) is 3.12. The highest BCUT2D eigenvalue weighted by Gasteiger charge is 2.13. The molecule has 7 heteroatoms. The Labute approximate surface area is 183 Å². The Bertz CT molecular complexity index is 895. The quantitative estimate of drug-likeness (QED) is 0.293. The van der Waals surface area contributed by atoms with Gasteiger partial charge in [0.2, 0.25) is 0 Å². The number of rotatable bonds is 7. The molecular formula is C21H28IN5O. The topological polar surface area (TPSA) is 75.3 Å². The first-order valence-electron chi connectivity index (χ1n) is 9.57. The van der Waals surface area contributed by atoms with Crippen molar-refractivity contribution in [1.82, 2.24) is 20.8 Å². The normalized spacial score (nSPS) is 11.3. The molecule has 0 saturated carbocycles. The van der Waals surface area contributed by atoms with Crippen LogP contribution in [0.5, 0.6) is 0 Å². The molecule has 0 aliphatic carbocycles. The predicted octanol–water partition coefficient (Wildman–Crippen LogP) is 4.22. The van der Waals surface area contributed by atoms with Gasteiger partial charge in [0, 0.05) is 36.7 Å². The molecular weight excluding hydrogens is 465 g/mol. The number of nitrogens with one attached hydrogen (secondary N) is 2. The number of aliphatic imine (C=N–C) groups is 1. The fraction of sp³-hybridized carbons (Fsp3) is 0.381. The second-order valence-corrected chi connectivity index (χ2v) is 6.28. The molecule has 0 unspecified atom stereocenters. The molecule has 0 fully saturated rings. The molecule has 0 aliphatic heterocycles. The van der Waals surface area contributed by atoms with Gasteiger partial charge in [-0.25, -0.2) is 4.99 Å². The minimum absolute atomic E-state index is 0. The van der Waals surface area contributed by atoms with E-state index in [1.165, 1.54) is 0 Å². The van der Waals surface area contributed by atoms with Crippen molar-refractivity contribution in [1.29, 1.82) is 0 Å². The highest BCUT2D eigenvalue weighted by molar-refractivity contribution is 14.0. The first-order chi connectivity index (χ1) is 13.3. The molecule has 0 bridgehead atoms. The van der Waals surface area contributed by atoms with Crippen LogP contribution < -0.4 is 10.6 Å². The molecule has 0 spiro atoms. The Morgan fingerprint density at radius 2 is 1.89 bits per heavy atom. The highest BCUT2D eigenvalue weighted by atomic mass is 127. The van der Waals surface area contributed by atoms with Crippen LogP contribution in [-0.2, 0) is 25.9 Å². The molecule has 2 heterocycles. The number of pyridine rings is 1. The van der Waals surface area contributed by atoms with Gasteiger partial charge in [0.1, 0.15) is 5.76 Å². The Balaban J connectivity index is 0.00000280. The van der Waals surface area contributed by atoms with Crippen LogP contribution in [0.1, 0.15) is 43.4 Å². The standard InChI is InChI=1S/C21H27N5O.HI/c1-4-18-17(19(5-2)27-26-18)14-25-21(22-6-3)24-13-16-10-7-9-15-11-8-12-23-20(15)16;/h7-12H,4-6,13-14H2,1-3H3,(H2,22,24,25);1H. The number of guanidine groups is 1. The zero-order chi connectivity index (χ0) is 19.1. The van der Waals surface area contributed by atoms with Gasteiger partial charge in [-0.2, -0.15) is 0 Å². The summed E-state index contributed by atoms with van der Waals surface area (Å²) in [7, 11) is 0. The van der Waals surface area contributed by atoms with Crippen LogP contribution in [-0.4, -0.2) is 22.6 Å². The summed E-state index contributed by atoms with van der Waals surface area (Å²) in [6.07, 6.45) is 3.51. The van der Waals surface area contributed by atoms with E-state index in [9.17, 15) is 0 Å².